The molecule has 0 atom stereocenters. The van der Waals surface area contributed by atoms with Crippen molar-refractivity contribution in [2.24, 2.45) is 0 Å². The van der Waals surface area contributed by atoms with Crippen LogP contribution in [0, 0.1) is 0 Å². The van der Waals surface area contributed by atoms with E-state index >= 15 is 0 Å². The van der Waals surface area contributed by atoms with E-state index < -0.39 is 0 Å². The molecule has 0 amide bonds. The molecular formula is C23H25NO5. The molecule has 1 aliphatic rings. The lowest BCUT2D eigenvalue weighted by Crippen LogP contribution is -2.15. The Labute approximate surface area is 169 Å². The Bertz CT molecular complexity index is 1120. The fraction of sp³-hybridized carbons (Fsp3) is 0.348. The highest BCUT2D eigenvalue weighted by molar-refractivity contribution is 5.87. The molecule has 1 N–H and O–H groups in total. The lowest BCUT2D eigenvalue weighted by Gasteiger charge is -2.19. The van der Waals surface area contributed by atoms with Crippen LogP contribution in [0.1, 0.15) is 24.5 Å². The minimum Gasteiger partial charge on any atom is -0.507 e. The Morgan fingerprint density at radius 1 is 1.10 bits per heavy atom. The first kappa shape index (κ1) is 19.3. The number of benzene rings is 2. The van der Waals surface area contributed by atoms with Gasteiger partial charge < -0.3 is 23.9 Å². The topological polar surface area (TPSA) is 72.1 Å². The van der Waals surface area contributed by atoms with E-state index in [0.717, 1.165) is 12.0 Å². The molecule has 2 heterocycles. The van der Waals surface area contributed by atoms with Crippen LogP contribution in [0.3, 0.4) is 0 Å². The largest absolute Gasteiger partial charge is 0.507 e. The molecule has 0 unspecified atom stereocenters. The van der Waals surface area contributed by atoms with Crippen LogP contribution < -0.4 is 14.9 Å². The molecule has 0 saturated carbocycles. The molecule has 6 nitrogen and oxygen atoms in total. The van der Waals surface area contributed by atoms with Crippen molar-refractivity contribution in [1.82, 2.24) is 4.90 Å². The average Bonchev–Trinajstić information content (AvgIpc) is 2.71. The number of aryl methyl sites for hydroxylation is 1. The highest BCUT2D eigenvalue weighted by atomic mass is 16.6. The van der Waals surface area contributed by atoms with Crippen LogP contribution in [0.2, 0.25) is 0 Å². The molecule has 29 heavy (non-hydrogen) atoms. The molecule has 2 aromatic carbocycles. The van der Waals surface area contributed by atoms with Gasteiger partial charge in [0.1, 0.15) is 30.8 Å². The lowest BCUT2D eigenvalue weighted by molar-refractivity contribution is 0.171. The van der Waals surface area contributed by atoms with Crippen molar-refractivity contribution in [2.75, 3.05) is 27.3 Å². The van der Waals surface area contributed by atoms with Crippen LogP contribution in [0.5, 0.6) is 17.2 Å². The van der Waals surface area contributed by atoms with Crippen LogP contribution in [-0.2, 0) is 13.0 Å². The summed E-state index contributed by atoms with van der Waals surface area (Å²) in [5.74, 6) is 1.51. The Kier molecular flexibility index (Phi) is 5.20. The number of phenols is 1. The molecule has 0 fully saturated rings. The standard InChI is InChI=1S/C23H25NO5/c1-4-5-15-10-16-22(26)18(13-29-23(16)17(21(15)25)12-24(2)3)14-6-7-19-20(11-14)28-9-8-27-19/h6-7,10-11,13,25H,4-5,8-9,12H2,1-3H3. The molecule has 152 valence electrons. The quantitative estimate of drug-likeness (QED) is 0.705. The summed E-state index contributed by atoms with van der Waals surface area (Å²) in [6.45, 7) is 3.52. The Balaban J connectivity index is 1.91. The number of ether oxygens (including phenoxy) is 2. The first-order valence-corrected chi connectivity index (χ1v) is 9.83. The van der Waals surface area contributed by atoms with Crippen molar-refractivity contribution in [3.63, 3.8) is 0 Å². The zero-order chi connectivity index (χ0) is 20.5. The van der Waals surface area contributed by atoms with Gasteiger partial charge in [-0.05, 0) is 49.8 Å². The van der Waals surface area contributed by atoms with Gasteiger partial charge >= 0.3 is 0 Å². The second-order valence-corrected chi connectivity index (χ2v) is 7.56. The Morgan fingerprint density at radius 2 is 1.86 bits per heavy atom. The second-order valence-electron chi connectivity index (χ2n) is 7.56. The third-order valence-electron chi connectivity index (χ3n) is 5.06. The molecular weight excluding hydrogens is 370 g/mol. The molecule has 6 heteroatoms. The van der Waals surface area contributed by atoms with Gasteiger partial charge in [0.2, 0.25) is 5.43 Å². The fourth-order valence-corrected chi connectivity index (χ4v) is 3.72. The normalized spacial score (nSPS) is 13.2. The fourth-order valence-electron chi connectivity index (χ4n) is 3.72. The number of rotatable bonds is 5. The van der Waals surface area contributed by atoms with E-state index in [-0.39, 0.29) is 11.2 Å². The summed E-state index contributed by atoms with van der Waals surface area (Å²) in [6, 6.07) is 7.21. The third kappa shape index (κ3) is 3.56. The van der Waals surface area contributed by atoms with E-state index in [0.29, 0.717) is 65.3 Å². The highest BCUT2D eigenvalue weighted by Crippen LogP contribution is 2.36. The second kappa shape index (κ2) is 7.79. The summed E-state index contributed by atoms with van der Waals surface area (Å²) in [5, 5.41) is 11.2. The van der Waals surface area contributed by atoms with Crippen LogP contribution in [0.4, 0.5) is 0 Å². The molecule has 0 bridgehead atoms. The number of hydrogen-bond acceptors (Lipinski definition) is 6. The highest BCUT2D eigenvalue weighted by Gasteiger charge is 2.20. The van der Waals surface area contributed by atoms with Gasteiger partial charge in [-0.15, -0.1) is 0 Å². The molecule has 3 aromatic rings. The molecule has 0 saturated heterocycles. The van der Waals surface area contributed by atoms with Crippen LogP contribution in [0.25, 0.3) is 22.1 Å². The zero-order valence-corrected chi connectivity index (χ0v) is 16.9. The van der Waals surface area contributed by atoms with Gasteiger partial charge in [0.05, 0.1) is 16.5 Å². The summed E-state index contributed by atoms with van der Waals surface area (Å²) < 4.78 is 17.1. The molecule has 1 aliphatic heterocycles. The third-order valence-corrected chi connectivity index (χ3v) is 5.06. The number of phenolic OH excluding ortho intramolecular Hbond substituents is 1. The van der Waals surface area contributed by atoms with E-state index in [9.17, 15) is 9.90 Å². The van der Waals surface area contributed by atoms with Crippen LogP contribution in [-0.4, -0.2) is 37.3 Å². The predicted octanol–water partition coefficient (Wildman–Crippen LogP) is 3.95. The van der Waals surface area contributed by atoms with Crippen molar-refractivity contribution in [3.05, 3.63) is 51.9 Å². The van der Waals surface area contributed by atoms with E-state index in [1.165, 1.54) is 6.26 Å². The summed E-state index contributed by atoms with van der Waals surface area (Å²) >= 11 is 0. The number of aromatic hydroxyl groups is 1. The summed E-state index contributed by atoms with van der Waals surface area (Å²) in [7, 11) is 3.83. The smallest absolute Gasteiger partial charge is 0.200 e. The van der Waals surface area contributed by atoms with Crippen molar-refractivity contribution < 1.29 is 19.0 Å². The molecule has 0 spiro atoms. The van der Waals surface area contributed by atoms with Gasteiger partial charge in [0.15, 0.2) is 11.5 Å². The lowest BCUT2D eigenvalue weighted by atomic mass is 9.98. The zero-order valence-electron chi connectivity index (χ0n) is 16.9. The van der Waals surface area contributed by atoms with Crippen LogP contribution >= 0.6 is 0 Å². The Morgan fingerprint density at radius 3 is 2.59 bits per heavy atom. The Hall–Kier alpha value is -2.99. The molecule has 0 radical (unpaired) electrons. The van der Waals surface area contributed by atoms with E-state index in [2.05, 4.69) is 0 Å². The minimum atomic E-state index is -0.125. The van der Waals surface area contributed by atoms with Crippen molar-refractivity contribution >= 4 is 11.0 Å². The van der Waals surface area contributed by atoms with Gasteiger partial charge in [-0.2, -0.15) is 0 Å². The first-order chi connectivity index (χ1) is 14.0. The molecule has 4 rings (SSSR count). The van der Waals surface area contributed by atoms with E-state index in [1.807, 2.05) is 38.1 Å². The van der Waals surface area contributed by atoms with Gasteiger partial charge in [0.25, 0.3) is 0 Å². The monoisotopic (exact) mass is 395 g/mol. The van der Waals surface area contributed by atoms with Crippen molar-refractivity contribution in [3.8, 4) is 28.4 Å². The first-order valence-electron chi connectivity index (χ1n) is 9.83. The molecule has 1 aromatic heterocycles. The van der Waals surface area contributed by atoms with Gasteiger partial charge in [0, 0.05) is 6.54 Å². The molecule has 0 aliphatic carbocycles. The number of fused-ring (bicyclic) bond motifs is 2. The van der Waals surface area contributed by atoms with Crippen molar-refractivity contribution in [2.45, 2.75) is 26.3 Å². The van der Waals surface area contributed by atoms with Crippen molar-refractivity contribution in [1.29, 1.82) is 0 Å². The summed E-state index contributed by atoms with van der Waals surface area (Å²) in [4.78, 5) is 15.3. The minimum absolute atomic E-state index is 0.125. The maximum absolute atomic E-state index is 13.4. The SMILES string of the molecule is CCCc1cc2c(=O)c(-c3ccc4c(c3)OCCO4)coc2c(CN(C)C)c1O. The van der Waals surface area contributed by atoms with Gasteiger partial charge in [-0.25, -0.2) is 0 Å². The summed E-state index contributed by atoms with van der Waals surface area (Å²) in [5.41, 5.74) is 2.88. The number of hydrogen-bond donors (Lipinski definition) is 1. The maximum atomic E-state index is 13.4. The predicted molar refractivity (Wildman–Crippen MR) is 112 cm³/mol. The number of nitrogens with zero attached hydrogens (tertiary/aromatic N) is 1. The summed E-state index contributed by atoms with van der Waals surface area (Å²) in [6.07, 6.45) is 3.03. The van der Waals surface area contributed by atoms with Gasteiger partial charge in [-0.1, -0.05) is 19.4 Å². The van der Waals surface area contributed by atoms with E-state index in [1.54, 1.807) is 12.1 Å². The van der Waals surface area contributed by atoms with Gasteiger partial charge in [-0.3, -0.25) is 4.79 Å². The van der Waals surface area contributed by atoms with E-state index in [4.69, 9.17) is 13.9 Å². The average molecular weight is 395 g/mol. The van der Waals surface area contributed by atoms with Crippen LogP contribution in [0.15, 0.2) is 39.7 Å². The maximum Gasteiger partial charge on any atom is 0.200 e.